The molecule has 3 N–H and O–H groups in total. The maximum atomic E-state index is 13.8. The lowest BCUT2D eigenvalue weighted by Crippen LogP contribution is -2.45. The minimum Gasteiger partial charge on any atom is -0.354 e. The molecular weight excluding hydrogens is 255 g/mol. The molecule has 1 atom stereocenters. The maximum Gasteiger partial charge on any atom is 0.236 e. The van der Waals surface area contributed by atoms with Crippen molar-refractivity contribution in [2.75, 3.05) is 6.54 Å². The Morgan fingerprint density at radius 3 is 2.50 bits per heavy atom. The molecule has 1 rings (SSSR count). The minimum absolute atomic E-state index is 0.178. The molecule has 0 saturated heterocycles. The maximum absolute atomic E-state index is 13.8. The van der Waals surface area contributed by atoms with E-state index in [4.69, 9.17) is 5.73 Å². The minimum atomic E-state index is -0.508. The second-order valence-corrected chi connectivity index (χ2v) is 6.32. The predicted molar refractivity (Wildman–Crippen MR) is 79.9 cm³/mol. The van der Waals surface area contributed by atoms with Crippen molar-refractivity contribution in [2.45, 2.75) is 45.6 Å². The van der Waals surface area contributed by atoms with Crippen molar-refractivity contribution in [1.29, 1.82) is 0 Å². The lowest BCUT2D eigenvalue weighted by atomic mass is 9.84. The van der Waals surface area contributed by atoms with Gasteiger partial charge in [0, 0.05) is 12.0 Å². The first kappa shape index (κ1) is 16.6. The van der Waals surface area contributed by atoms with Crippen LogP contribution < -0.4 is 11.1 Å². The van der Waals surface area contributed by atoms with Gasteiger partial charge in [0.25, 0.3) is 0 Å². The predicted octanol–water partition coefficient (Wildman–Crippen LogP) is 2.59. The van der Waals surface area contributed by atoms with Crippen LogP contribution >= 0.6 is 0 Å². The van der Waals surface area contributed by atoms with Crippen LogP contribution in [0, 0.1) is 11.7 Å². The summed E-state index contributed by atoms with van der Waals surface area (Å²) < 4.78 is 13.8. The summed E-state index contributed by atoms with van der Waals surface area (Å²) in [6, 6.07) is 6.13. The molecule has 0 unspecified atom stereocenters. The summed E-state index contributed by atoms with van der Waals surface area (Å²) in [5.41, 5.74) is 5.95. The summed E-state index contributed by atoms with van der Waals surface area (Å²) in [4.78, 5) is 11.9. The number of carbonyl (C=O) groups excluding carboxylic acids is 1. The van der Waals surface area contributed by atoms with Gasteiger partial charge in [0.2, 0.25) is 5.91 Å². The fraction of sp³-hybridized carbons (Fsp3) is 0.562. The molecule has 3 nitrogen and oxygen atoms in total. The molecule has 1 aromatic rings. The van der Waals surface area contributed by atoms with E-state index in [0.29, 0.717) is 24.4 Å². The lowest BCUT2D eigenvalue weighted by Gasteiger charge is -2.27. The fourth-order valence-electron chi connectivity index (χ4n) is 2.16. The number of hydrogen-bond donors (Lipinski definition) is 2. The second-order valence-electron chi connectivity index (χ2n) is 6.32. The third-order valence-corrected chi connectivity index (χ3v) is 3.37. The van der Waals surface area contributed by atoms with Gasteiger partial charge < -0.3 is 11.1 Å². The van der Waals surface area contributed by atoms with Gasteiger partial charge >= 0.3 is 0 Å². The molecule has 0 saturated carbocycles. The summed E-state index contributed by atoms with van der Waals surface area (Å²) in [7, 11) is 0. The van der Waals surface area contributed by atoms with Crippen LogP contribution in [0.15, 0.2) is 24.3 Å². The van der Waals surface area contributed by atoms with E-state index in [9.17, 15) is 9.18 Å². The van der Waals surface area contributed by atoms with Crippen LogP contribution in [0.1, 0.15) is 39.7 Å². The molecule has 1 aromatic carbocycles. The Kier molecular flexibility index (Phi) is 5.69. The van der Waals surface area contributed by atoms with Gasteiger partial charge in [-0.1, -0.05) is 45.9 Å². The third kappa shape index (κ3) is 4.60. The van der Waals surface area contributed by atoms with Gasteiger partial charge in [0.05, 0.1) is 6.04 Å². The number of carbonyl (C=O) groups is 1. The van der Waals surface area contributed by atoms with Crippen LogP contribution in [0.2, 0.25) is 0 Å². The molecule has 20 heavy (non-hydrogen) atoms. The Hall–Kier alpha value is -1.42. The van der Waals surface area contributed by atoms with Gasteiger partial charge in [0.1, 0.15) is 5.82 Å². The Morgan fingerprint density at radius 2 is 1.95 bits per heavy atom. The highest BCUT2D eigenvalue weighted by Crippen LogP contribution is 2.24. The van der Waals surface area contributed by atoms with Crippen molar-refractivity contribution in [3.8, 4) is 0 Å². The zero-order chi connectivity index (χ0) is 15.3. The highest BCUT2D eigenvalue weighted by Gasteiger charge is 2.25. The SMILES string of the molecule is CC(C)C[C@H](N)C(=O)NCC(C)(C)c1ccccc1F. The van der Waals surface area contributed by atoms with E-state index >= 15 is 0 Å². The van der Waals surface area contributed by atoms with E-state index < -0.39 is 11.5 Å². The summed E-state index contributed by atoms with van der Waals surface area (Å²) in [6.07, 6.45) is 0.645. The number of rotatable bonds is 6. The van der Waals surface area contributed by atoms with Gasteiger partial charge in [-0.15, -0.1) is 0 Å². The van der Waals surface area contributed by atoms with E-state index in [1.807, 2.05) is 27.7 Å². The number of nitrogens with one attached hydrogen (secondary N) is 1. The zero-order valence-electron chi connectivity index (χ0n) is 12.7. The molecule has 0 aromatic heterocycles. The molecule has 0 aliphatic rings. The molecule has 1 amide bonds. The average Bonchev–Trinajstić information content (AvgIpc) is 2.35. The van der Waals surface area contributed by atoms with Crippen molar-refractivity contribution >= 4 is 5.91 Å². The van der Waals surface area contributed by atoms with E-state index in [0.717, 1.165) is 0 Å². The Morgan fingerprint density at radius 1 is 1.35 bits per heavy atom. The first-order valence-corrected chi connectivity index (χ1v) is 7.02. The average molecular weight is 280 g/mol. The molecule has 0 spiro atoms. The Labute approximate surface area is 120 Å². The van der Waals surface area contributed by atoms with Gasteiger partial charge in [-0.3, -0.25) is 4.79 Å². The molecule has 0 heterocycles. The number of nitrogens with two attached hydrogens (primary N) is 1. The quantitative estimate of drug-likeness (QED) is 0.841. The van der Waals surface area contributed by atoms with Crippen LogP contribution in [-0.2, 0) is 10.2 Å². The smallest absolute Gasteiger partial charge is 0.236 e. The Bertz CT molecular complexity index is 458. The van der Waals surface area contributed by atoms with E-state index in [1.165, 1.54) is 6.07 Å². The molecular formula is C16H25FN2O. The van der Waals surface area contributed by atoms with Gasteiger partial charge in [0.15, 0.2) is 0 Å². The van der Waals surface area contributed by atoms with Crippen molar-refractivity contribution in [1.82, 2.24) is 5.32 Å². The zero-order valence-corrected chi connectivity index (χ0v) is 12.7. The normalized spacial score (nSPS) is 13.3. The van der Waals surface area contributed by atoms with E-state index in [-0.39, 0.29) is 11.7 Å². The largest absolute Gasteiger partial charge is 0.354 e. The fourth-order valence-corrected chi connectivity index (χ4v) is 2.16. The highest BCUT2D eigenvalue weighted by atomic mass is 19.1. The van der Waals surface area contributed by atoms with Gasteiger partial charge in [-0.25, -0.2) is 4.39 Å². The highest BCUT2D eigenvalue weighted by molar-refractivity contribution is 5.81. The summed E-state index contributed by atoms with van der Waals surface area (Å²) in [5.74, 6) is -0.0586. The van der Waals surface area contributed by atoms with Crippen molar-refractivity contribution in [3.63, 3.8) is 0 Å². The number of hydrogen-bond acceptors (Lipinski definition) is 2. The molecule has 0 aliphatic heterocycles. The standard InChI is InChI=1S/C16H25FN2O/c1-11(2)9-14(18)15(20)19-10-16(3,4)12-7-5-6-8-13(12)17/h5-8,11,14H,9-10,18H2,1-4H3,(H,19,20)/t14-/m0/s1. The first-order chi connectivity index (χ1) is 9.24. The van der Waals surface area contributed by atoms with Crippen LogP contribution in [0.3, 0.4) is 0 Å². The summed E-state index contributed by atoms with van der Waals surface area (Å²) >= 11 is 0. The second kappa shape index (κ2) is 6.84. The third-order valence-electron chi connectivity index (χ3n) is 3.37. The molecule has 0 fully saturated rings. The molecule has 0 radical (unpaired) electrons. The van der Waals surface area contributed by atoms with Crippen molar-refractivity contribution < 1.29 is 9.18 Å². The van der Waals surface area contributed by atoms with Crippen molar-refractivity contribution in [2.24, 2.45) is 11.7 Å². The topological polar surface area (TPSA) is 55.1 Å². The monoisotopic (exact) mass is 280 g/mol. The van der Waals surface area contributed by atoms with Gasteiger partial charge in [-0.2, -0.15) is 0 Å². The van der Waals surface area contributed by atoms with Gasteiger partial charge in [-0.05, 0) is 24.0 Å². The number of amides is 1. The van der Waals surface area contributed by atoms with Crippen LogP contribution in [0.4, 0.5) is 4.39 Å². The molecule has 0 aliphatic carbocycles. The molecule has 0 bridgehead atoms. The van der Waals surface area contributed by atoms with E-state index in [1.54, 1.807) is 18.2 Å². The number of halogens is 1. The number of benzene rings is 1. The van der Waals surface area contributed by atoms with E-state index in [2.05, 4.69) is 5.32 Å². The molecule has 112 valence electrons. The summed E-state index contributed by atoms with van der Waals surface area (Å²) in [5, 5.41) is 2.82. The Balaban J connectivity index is 2.64. The lowest BCUT2D eigenvalue weighted by molar-refractivity contribution is -0.122. The van der Waals surface area contributed by atoms with Crippen LogP contribution in [0.25, 0.3) is 0 Å². The van der Waals surface area contributed by atoms with Crippen LogP contribution in [0.5, 0.6) is 0 Å². The summed E-state index contributed by atoms with van der Waals surface area (Å²) in [6.45, 7) is 8.21. The first-order valence-electron chi connectivity index (χ1n) is 7.02. The van der Waals surface area contributed by atoms with Crippen LogP contribution in [-0.4, -0.2) is 18.5 Å². The van der Waals surface area contributed by atoms with Crippen molar-refractivity contribution in [3.05, 3.63) is 35.6 Å². The molecule has 4 heteroatoms.